The number of nitrogens with one attached hydrogen (secondary N) is 1. The summed E-state index contributed by atoms with van der Waals surface area (Å²) in [4.78, 5) is 30.1. The third kappa shape index (κ3) is 5.38. The van der Waals surface area contributed by atoms with Crippen molar-refractivity contribution in [3.63, 3.8) is 0 Å². The summed E-state index contributed by atoms with van der Waals surface area (Å²) in [6, 6.07) is 7.61. The van der Waals surface area contributed by atoms with E-state index in [0.29, 0.717) is 30.1 Å². The van der Waals surface area contributed by atoms with Crippen LogP contribution in [0.2, 0.25) is 5.02 Å². The van der Waals surface area contributed by atoms with E-state index < -0.39 is 18.7 Å². The van der Waals surface area contributed by atoms with E-state index in [0.717, 1.165) is 0 Å². The van der Waals surface area contributed by atoms with Gasteiger partial charge in [0.05, 0.1) is 11.3 Å². The fraction of sp³-hybridized carbons (Fsp3) is 0.316. The smallest absolute Gasteiger partial charge is 0.422 e. The number of alkyl halides is 3. The first-order valence-corrected chi connectivity index (χ1v) is 9.14. The van der Waals surface area contributed by atoms with Gasteiger partial charge in [-0.05, 0) is 30.7 Å². The first kappa shape index (κ1) is 20.9. The Hall–Kier alpha value is -2.81. The van der Waals surface area contributed by atoms with Crippen LogP contribution in [0.1, 0.15) is 28.8 Å². The molecule has 2 aromatic rings. The number of anilines is 1. The summed E-state index contributed by atoms with van der Waals surface area (Å²) in [5, 5.41) is 3.01. The Morgan fingerprint density at radius 1 is 1.31 bits per heavy atom. The predicted octanol–water partition coefficient (Wildman–Crippen LogP) is 3.73. The Kier molecular flexibility index (Phi) is 6.26. The summed E-state index contributed by atoms with van der Waals surface area (Å²) in [5.74, 6) is -0.811. The molecule has 0 spiro atoms. The van der Waals surface area contributed by atoms with Gasteiger partial charge in [0.15, 0.2) is 6.61 Å². The average Bonchev–Trinajstić information content (AvgIpc) is 3.10. The van der Waals surface area contributed by atoms with Crippen LogP contribution in [-0.2, 0) is 11.3 Å². The number of pyridine rings is 1. The summed E-state index contributed by atoms with van der Waals surface area (Å²) >= 11 is 6.03. The number of aromatic nitrogens is 1. The summed E-state index contributed by atoms with van der Waals surface area (Å²) < 4.78 is 41.9. The van der Waals surface area contributed by atoms with Gasteiger partial charge in [-0.15, -0.1) is 0 Å². The highest BCUT2D eigenvalue weighted by Crippen LogP contribution is 2.29. The molecule has 1 fully saturated rings. The molecule has 0 aliphatic carbocycles. The lowest BCUT2D eigenvalue weighted by atomic mass is 10.1. The molecule has 0 unspecified atom stereocenters. The van der Waals surface area contributed by atoms with E-state index in [4.69, 9.17) is 16.3 Å². The molecule has 154 valence electrons. The van der Waals surface area contributed by atoms with E-state index >= 15 is 0 Å². The number of hydrogen-bond acceptors (Lipinski definition) is 4. The fourth-order valence-corrected chi connectivity index (χ4v) is 3.10. The minimum absolute atomic E-state index is 0.101. The van der Waals surface area contributed by atoms with Gasteiger partial charge in [-0.25, -0.2) is 4.98 Å². The Morgan fingerprint density at radius 2 is 2.10 bits per heavy atom. The number of carbonyl (C=O) groups excluding carboxylic acids is 2. The lowest BCUT2D eigenvalue weighted by Gasteiger charge is -2.20. The largest absolute Gasteiger partial charge is 0.468 e. The molecular weight excluding hydrogens is 411 g/mol. The van der Waals surface area contributed by atoms with Gasteiger partial charge in [0, 0.05) is 36.3 Å². The van der Waals surface area contributed by atoms with Crippen LogP contribution >= 0.6 is 11.6 Å². The van der Waals surface area contributed by atoms with E-state index in [1.54, 1.807) is 6.07 Å². The molecule has 1 aliphatic rings. The van der Waals surface area contributed by atoms with Gasteiger partial charge in [0.1, 0.15) is 0 Å². The van der Waals surface area contributed by atoms with Crippen LogP contribution in [-0.4, -0.2) is 36.1 Å². The van der Waals surface area contributed by atoms with Crippen LogP contribution in [0.3, 0.4) is 0 Å². The molecule has 0 bridgehead atoms. The molecule has 3 rings (SSSR count). The number of amides is 2. The fourth-order valence-electron chi connectivity index (χ4n) is 2.93. The van der Waals surface area contributed by atoms with Gasteiger partial charge in [-0.3, -0.25) is 9.59 Å². The minimum atomic E-state index is -4.50. The van der Waals surface area contributed by atoms with Crippen molar-refractivity contribution in [2.75, 3.05) is 18.1 Å². The van der Waals surface area contributed by atoms with E-state index in [9.17, 15) is 22.8 Å². The number of ether oxygens (including phenoxy) is 1. The second kappa shape index (κ2) is 8.69. The third-order valence-corrected chi connectivity index (χ3v) is 4.47. The number of benzene rings is 1. The number of nitrogens with zero attached hydrogens (tertiary/aromatic N) is 2. The van der Waals surface area contributed by atoms with Crippen molar-refractivity contribution in [3.05, 3.63) is 52.7 Å². The van der Waals surface area contributed by atoms with Crippen LogP contribution in [0.25, 0.3) is 0 Å². The van der Waals surface area contributed by atoms with Gasteiger partial charge in [0.25, 0.3) is 5.91 Å². The van der Waals surface area contributed by atoms with Gasteiger partial charge < -0.3 is 15.0 Å². The molecule has 1 aromatic carbocycles. The van der Waals surface area contributed by atoms with Crippen molar-refractivity contribution < 1.29 is 27.5 Å². The first-order chi connectivity index (χ1) is 13.7. The molecule has 2 amide bonds. The highest BCUT2D eigenvalue weighted by molar-refractivity contribution is 6.31. The Morgan fingerprint density at radius 3 is 2.79 bits per heavy atom. The van der Waals surface area contributed by atoms with Crippen LogP contribution < -0.4 is 15.0 Å². The minimum Gasteiger partial charge on any atom is -0.468 e. The summed E-state index contributed by atoms with van der Waals surface area (Å²) in [5.41, 5.74) is 0.932. The molecule has 6 nitrogen and oxygen atoms in total. The second-order valence-electron chi connectivity index (χ2n) is 6.36. The molecular formula is C19H17ClF3N3O3. The van der Waals surface area contributed by atoms with Crippen LogP contribution in [0.5, 0.6) is 5.88 Å². The van der Waals surface area contributed by atoms with Gasteiger partial charge >= 0.3 is 6.18 Å². The Bertz CT molecular complexity index is 921. The average molecular weight is 428 g/mol. The lowest BCUT2D eigenvalue weighted by molar-refractivity contribution is -0.154. The van der Waals surface area contributed by atoms with Gasteiger partial charge in [-0.1, -0.05) is 17.7 Å². The SMILES string of the molecule is O=C(NCc1cccnc1OCC(F)(F)F)c1ccc(Cl)cc1N1CCCC1=O. The third-order valence-electron chi connectivity index (χ3n) is 4.23. The topological polar surface area (TPSA) is 71.5 Å². The quantitative estimate of drug-likeness (QED) is 0.762. The molecule has 29 heavy (non-hydrogen) atoms. The molecule has 10 heteroatoms. The predicted molar refractivity (Wildman–Crippen MR) is 100.0 cm³/mol. The van der Waals surface area contributed by atoms with E-state index in [1.807, 2.05) is 0 Å². The molecule has 0 saturated carbocycles. The van der Waals surface area contributed by atoms with Crippen molar-refractivity contribution in [3.8, 4) is 5.88 Å². The molecule has 0 atom stereocenters. The number of carbonyl (C=O) groups is 2. The van der Waals surface area contributed by atoms with E-state index in [2.05, 4.69) is 10.3 Å². The van der Waals surface area contributed by atoms with Gasteiger partial charge in [-0.2, -0.15) is 13.2 Å². The molecule has 2 heterocycles. The Labute approximate surface area is 169 Å². The maximum absolute atomic E-state index is 12.7. The van der Waals surface area contributed by atoms with Crippen molar-refractivity contribution >= 4 is 29.1 Å². The zero-order valence-corrected chi connectivity index (χ0v) is 15.9. The number of hydrogen-bond donors (Lipinski definition) is 1. The second-order valence-corrected chi connectivity index (χ2v) is 6.80. The zero-order chi connectivity index (χ0) is 21.0. The summed E-state index contributed by atoms with van der Waals surface area (Å²) in [7, 11) is 0. The number of rotatable bonds is 6. The highest BCUT2D eigenvalue weighted by atomic mass is 35.5. The van der Waals surface area contributed by atoms with Gasteiger partial charge in [0.2, 0.25) is 11.8 Å². The lowest BCUT2D eigenvalue weighted by Crippen LogP contribution is -2.29. The Balaban J connectivity index is 1.75. The van der Waals surface area contributed by atoms with Crippen molar-refractivity contribution in [2.24, 2.45) is 0 Å². The first-order valence-electron chi connectivity index (χ1n) is 8.76. The normalized spacial score (nSPS) is 14.2. The van der Waals surface area contributed by atoms with Crippen molar-refractivity contribution in [2.45, 2.75) is 25.6 Å². The van der Waals surface area contributed by atoms with Crippen molar-refractivity contribution in [1.82, 2.24) is 10.3 Å². The maximum Gasteiger partial charge on any atom is 0.422 e. The zero-order valence-electron chi connectivity index (χ0n) is 15.1. The van der Waals surface area contributed by atoms with Crippen LogP contribution in [0, 0.1) is 0 Å². The van der Waals surface area contributed by atoms with Crippen LogP contribution in [0.15, 0.2) is 36.5 Å². The number of halogens is 4. The maximum atomic E-state index is 12.7. The molecule has 1 aliphatic heterocycles. The molecule has 1 aromatic heterocycles. The van der Waals surface area contributed by atoms with Crippen molar-refractivity contribution in [1.29, 1.82) is 0 Å². The van der Waals surface area contributed by atoms with Crippen LogP contribution in [0.4, 0.5) is 18.9 Å². The van der Waals surface area contributed by atoms with E-state index in [1.165, 1.54) is 35.4 Å². The molecule has 1 N–H and O–H groups in total. The standard InChI is InChI=1S/C19H17ClF3N3O3/c20-13-5-6-14(15(9-13)26-8-2-4-16(26)27)17(28)25-10-12-3-1-7-24-18(12)29-11-19(21,22)23/h1,3,5-7,9H,2,4,8,10-11H2,(H,25,28). The molecule has 0 radical (unpaired) electrons. The summed E-state index contributed by atoms with van der Waals surface area (Å²) in [6.07, 6.45) is -2.13. The van der Waals surface area contributed by atoms with E-state index in [-0.39, 0.29) is 29.5 Å². The highest BCUT2D eigenvalue weighted by Gasteiger charge is 2.29. The monoisotopic (exact) mass is 427 g/mol. The summed E-state index contributed by atoms with van der Waals surface area (Å²) in [6.45, 7) is -1.10. The molecule has 1 saturated heterocycles.